The molecule has 1 aliphatic rings. The van der Waals surface area contributed by atoms with E-state index in [-0.39, 0.29) is 0 Å². The van der Waals surface area contributed by atoms with Crippen LogP contribution in [0.25, 0.3) is 0 Å². The molecule has 1 saturated carbocycles. The van der Waals surface area contributed by atoms with Gasteiger partial charge in [-0.2, -0.15) is 4.98 Å². The normalized spacial score (nSPS) is 15.8. The molecule has 0 unspecified atom stereocenters. The number of nitrogen functional groups attached to an aromatic ring is 1. The molecule has 5 nitrogen and oxygen atoms in total. The van der Waals surface area contributed by atoms with Crippen LogP contribution in [0.1, 0.15) is 26.2 Å². The summed E-state index contributed by atoms with van der Waals surface area (Å²) >= 11 is 0. The van der Waals surface area contributed by atoms with Crippen LogP contribution in [0.3, 0.4) is 0 Å². The SMILES string of the molecule is CCOc1ncnc(NC2CCC2)c1N. The summed E-state index contributed by atoms with van der Waals surface area (Å²) in [4.78, 5) is 8.10. The molecule has 1 aromatic rings. The molecule has 0 aliphatic heterocycles. The number of aromatic nitrogens is 2. The van der Waals surface area contributed by atoms with Crippen LogP contribution in [-0.4, -0.2) is 22.6 Å². The van der Waals surface area contributed by atoms with Gasteiger partial charge in [-0.05, 0) is 26.2 Å². The maximum absolute atomic E-state index is 5.88. The summed E-state index contributed by atoms with van der Waals surface area (Å²) in [5.41, 5.74) is 6.39. The molecular formula is C10H16N4O. The molecule has 0 saturated heterocycles. The summed E-state index contributed by atoms with van der Waals surface area (Å²) in [6, 6.07) is 0.511. The first-order valence-corrected chi connectivity index (χ1v) is 5.31. The topological polar surface area (TPSA) is 73.1 Å². The zero-order valence-electron chi connectivity index (χ0n) is 8.86. The second-order valence-corrected chi connectivity index (χ2v) is 3.65. The minimum atomic E-state index is 0.467. The molecule has 1 aliphatic carbocycles. The van der Waals surface area contributed by atoms with Crippen molar-refractivity contribution in [1.29, 1.82) is 0 Å². The van der Waals surface area contributed by atoms with E-state index in [1.54, 1.807) is 0 Å². The van der Waals surface area contributed by atoms with Crippen molar-refractivity contribution >= 4 is 11.5 Å². The fourth-order valence-electron chi connectivity index (χ4n) is 1.49. The van der Waals surface area contributed by atoms with Crippen LogP contribution in [0.2, 0.25) is 0 Å². The van der Waals surface area contributed by atoms with Crippen LogP contribution in [0.15, 0.2) is 6.33 Å². The van der Waals surface area contributed by atoms with Gasteiger partial charge in [0, 0.05) is 6.04 Å². The molecule has 1 aromatic heterocycles. The molecule has 1 heterocycles. The Morgan fingerprint density at radius 1 is 1.53 bits per heavy atom. The number of rotatable bonds is 4. The molecule has 1 fully saturated rings. The van der Waals surface area contributed by atoms with E-state index in [4.69, 9.17) is 10.5 Å². The van der Waals surface area contributed by atoms with Gasteiger partial charge in [-0.3, -0.25) is 0 Å². The highest BCUT2D eigenvalue weighted by Gasteiger charge is 2.19. The van der Waals surface area contributed by atoms with E-state index in [0.29, 0.717) is 30.0 Å². The average molecular weight is 208 g/mol. The Labute approximate surface area is 89.1 Å². The lowest BCUT2D eigenvalue weighted by Gasteiger charge is -2.27. The van der Waals surface area contributed by atoms with E-state index < -0.39 is 0 Å². The Balaban J connectivity index is 2.11. The van der Waals surface area contributed by atoms with E-state index in [1.165, 1.54) is 25.6 Å². The summed E-state index contributed by atoms with van der Waals surface area (Å²) in [6.07, 6.45) is 5.13. The van der Waals surface area contributed by atoms with Gasteiger partial charge in [-0.25, -0.2) is 4.98 Å². The number of nitrogens with two attached hydrogens (primary N) is 1. The zero-order chi connectivity index (χ0) is 10.7. The second-order valence-electron chi connectivity index (χ2n) is 3.65. The highest BCUT2D eigenvalue weighted by molar-refractivity contribution is 5.66. The third kappa shape index (κ3) is 2.11. The molecule has 0 atom stereocenters. The van der Waals surface area contributed by atoms with Crippen LogP contribution < -0.4 is 15.8 Å². The third-order valence-corrected chi connectivity index (χ3v) is 2.57. The van der Waals surface area contributed by atoms with Gasteiger partial charge in [0.25, 0.3) is 0 Å². The quantitative estimate of drug-likeness (QED) is 0.782. The minimum absolute atomic E-state index is 0.467. The minimum Gasteiger partial charge on any atom is -0.476 e. The summed E-state index contributed by atoms with van der Waals surface area (Å²) in [5.74, 6) is 1.16. The van der Waals surface area contributed by atoms with Crippen LogP contribution in [0, 0.1) is 0 Å². The monoisotopic (exact) mass is 208 g/mol. The number of ether oxygens (including phenoxy) is 1. The Kier molecular flexibility index (Phi) is 2.89. The van der Waals surface area contributed by atoms with Crippen molar-refractivity contribution in [1.82, 2.24) is 9.97 Å². The number of hydrogen-bond acceptors (Lipinski definition) is 5. The highest BCUT2D eigenvalue weighted by Crippen LogP contribution is 2.28. The summed E-state index contributed by atoms with van der Waals surface area (Å²) in [5, 5.41) is 3.29. The Morgan fingerprint density at radius 3 is 2.93 bits per heavy atom. The van der Waals surface area contributed by atoms with Crippen molar-refractivity contribution in [2.45, 2.75) is 32.2 Å². The molecule has 82 valence electrons. The van der Waals surface area contributed by atoms with E-state index in [0.717, 1.165) is 0 Å². The smallest absolute Gasteiger partial charge is 0.242 e. The third-order valence-electron chi connectivity index (χ3n) is 2.57. The maximum Gasteiger partial charge on any atom is 0.242 e. The summed E-state index contributed by atoms with van der Waals surface area (Å²) in [7, 11) is 0. The van der Waals surface area contributed by atoms with Gasteiger partial charge >= 0.3 is 0 Å². The number of nitrogens with zero attached hydrogens (tertiary/aromatic N) is 2. The molecule has 0 aromatic carbocycles. The molecule has 0 amide bonds. The van der Waals surface area contributed by atoms with Gasteiger partial charge in [0.2, 0.25) is 5.88 Å². The van der Waals surface area contributed by atoms with Crippen molar-refractivity contribution in [3.8, 4) is 5.88 Å². The molecular weight excluding hydrogens is 192 g/mol. The number of hydrogen-bond donors (Lipinski definition) is 2. The number of nitrogens with one attached hydrogen (secondary N) is 1. The highest BCUT2D eigenvalue weighted by atomic mass is 16.5. The van der Waals surface area contributed by atoms with Gasteiger partial charge < -0.3 is 15.8 Å². The van der Waals surface area contributed by atoms with Crippen molar-refractivity contribution < 1.29 is 4.74 Å². The predicted molar refractivity (Wildman–Crippen MR) is 58.9 cm³/mol. The average Bonchev–Trinajstić information content (AvgIpc) is 2.17. The molecule has 15 heavy (non-hydrogen) atoms. The van der Waals surface area contributed by atoms with Gasteiger partial charge in [0.05, 0.1) is 6.61 Å². The first-order chi connectivity index (χ1) is 7.31. The van der Waals surface area contributed by atoms with Gasteiger partial charge in [0.15, 0.2) is 5.82 Å². The molecule has 0 spiro atoms. The standard InChI is InChI=1S/C10H16N4O/c1-2-15-10-8(11)9(12-6-13-10)14-7-4-3-5-7/h6-7H,2-5,11H2,1H3,(H,12,13,14). The van der Waals surface area contributed by atoms with Crippen LogP contribution in [0.5, 0.6) is 5.88 Å². The van der Waals surface area contributed by atoms with Gasteiger partial charge in [-0.15, -0.1) is 0 Å². The molecule has 0 radical (unpaired) electrons. The molecule has 3 N–H and O–H groups in total. The largest absolute Gasteiger partial charge is 0.476 e. The van der Waals surface area contributed by atoms with Crippen molar-refractivity contribution in [2.24, 2.45) is 0 Å². The van der Waals surface area contributed by atoms with E-state index in [1.807, 2.05) is 6.92 Å². The second kappa shape index (κ2) is 4.33. The van der Waals surface area contributed by atoms with Crippen molar-refractivity contribution in [3.63, 3.8) is 0 Å². The number of anilines is 2. The van der Waals surface area contributed by atoms with E-state index in [2.05, 4.69) is 15.3 Å². The first kappa shape index (κ1) is 10.0. The van der Waals surface area contributed by atoms with Crippen LogP contribution in [-0.2, 0) is 0 Å². The molecule has 0 bridgehead atoms. The first-order valence-electron chi connectivity index (χ1n) is 5.31. The van der Waals surface area contributed by atoms with Gasteiger partial charge in [0.1, 0.15) is 12.0 Å². The maximum atomic E-state index is 5.88. The Bertz CT molecular complexity index is 338. The zero-order valence-corrected chi connectivity index (χ0v) is 8.86. The summed E-state index contributed by atoms with van der Waals surface area (Å²) < 4.78 is 5.29. The Morgan fingerprint density at radius 2 is 2.33 bits per heavy atom. The molecule has 2 rings (SSSR count). The van der Waals surface area contributed by atoms with Crippen LogP contribution in [0.4, 0.5) is 11.5 Å². The van der Waals surface area contributed by atoms with Crippen LogP contribution >= 0.6 is 0 Å². The molecule has 5 heteroatoms. The lowest BCUT2D eigenvalue weighted by atomic mass is 9.93. The predicted octanol–water partition coefficient (Wildman–Crippen LogP) is 1.42. The summed E-state index contributed by atoms with van der Waals surface area (Å²) in [6.45, 7) is 2.46. The fraction of sp³-hybridized carbons (Fsp3) is 0.600. The van der Waals surface area contributed by atoms with E-state index in [9.17, 15) is 0 Å². The fourth-order valence-corrected chi connectivity index (χ4v) is 1.49. The van der Waals surface area contributed by atoms with Crippen molar-refractivity contribution in [2.75, 3.05) is 17.7 Å². The lowest BCUT2D eigenvalue weighted by molar-refractivity contribution is 0.328. The lowest BCUT2D eigenvalue weighted by Crippen LogP contribution is -2.28. The van der Waals surface area contributed by atoms with E-state index >= 15 is 0 Å². The van der Waals surface area contributed by atoms with Gasteiger partial charge in [-0.1, -0.05) is 0 Å². The van der Waals surface area contributed by atoms with Crippen molar-refractivity contribution in [3.05, 3.63) is 6.33 Å². The Hall–Kier alpha value is -1.52.